The highest BCUT2D eigenvalue weighted by atomic mass is 79.9. The Morgan fingerprint density at radius 3 is 2.19 bits per heavy atom. The van der Waals surface area contributed by atoms with Gasteiger partial charge in [0, 0.05) is 26.3 Å². The summed E-state index contributed by atoms with van der Waals surface area (Å²) in [6.07, 6.45) is 2.43. The van der Waals surface area contributed by atoms with Gasteiger partial charge in [0.25, 0.3) is 15.0 Å². The molecule has 0 saturated carbocycles. The lowest BCUT2D eigenvalue weighted by atomic mass is 9.89. The van der Waals surface area contributed by atoms with Crippen molar-refractivity contribution in [1.82, 2.24) is 5.32 Å². The molecule has 0 fully saturated rings. The fraction of sp³-hybridized carbons (Fsp3) is 0.500. The Morgan fingerprint density at radius 1 is 1.24 bits per heavy atom. The maximum atomic E-state index is 12.4. The summed E-state index contributed by atoms with van der Waals surface area (Å²) >= 11 is 3.12. The summed E-state index contributed by atoms with van der Waals surface area (Å²) in [5, 5.41) is 3.00. The third-order valence-corrected chi connectivity index (χ3v) is 6.18. The van der Waals surface area contributed by atoms with Gasteiger partial charge in [0.1, 0.15) is 0 Å². The molecule has 0 heterocycles. The van der Waals surface area contributed by atoms with Crippen LogP contribution in [0.2, 0.25) is 0 Å². The van der Waals surface area contributed by atoms with Crippen LogP contribution in [-0.2, 0) is 9.05 Å². The monoisotopic (exact) mass is 395 g/mol. The summed E-state index contributed by atoms with van der Waals surface area (Å²) in [4.78, 5) is 12.3. The van der Waals surface area contributed by atoms with Crippen molar-refractivity contribution in [1.29, 1.82) is 0 Å². The molecule has 7 heteroatoms. The fourth-order valence-corrected chi connectivity index (χ4v) is 4.28. The summed E-state index contributed by atoms with van der Waals surface area (Å²) in [6, 6.07) is 4.36. The Hall–Kier alpha value is -0.590. The van der Waals surface area contributed by atoms with Crippen LogP contribution in [0, 0.1) is 0 Å². The number of amides is 1. The van der Waals surface area contributed by atoms with Gasteiger partial charge in [0.2, 0.25) is 0 Å². The molecular weight excluding hydrogens is 378 g/mol. The SMILES string of the molecule is CCC(CC)(CC)NC(=O)c1ccc(Br)c(S(=O)(=O)Cl)c1. The van der Waals surface area contributed by atoms with Crippen molar-refractivity contribution in [3.63, 3.8) is 0 Å². The van der Waals surface area contributed by atoms with E-state index in [9.17, 15) is 13.2 Å². The van der Waals surface area contributed by atoms with Gasteiger partial charge in [-0.2, -0.15) is 0 Å². The molecule has 1 aromatic rings. The molecule has 0 bridgehead atoms. The first-order chi connectivity index (χ1) is 9.69. The standard InChI is InChI=1S/C14H19BrClNO3S/c1-4-14(5-2,6-3)17-13(18)10-7-8-11(15)12(9-10)21(16,19)20/h7-9H,4-6H2,1-3H3,(H,17,18). The minimum absolute atomic E-state index is 0.105. The fourth-order valence-electron chi connectivity index (χ4n) is 2.16. The van der Waals surface area contributed by atoms with E-state index in [0.717, 1.165) is 19.3 Å². The molecule has 0 aromatic heterocycles. The van der Waals surface area contributed by atoms with Crippen molar-refractivity contribution in [2.75, 3.05) is 0 Å². The molecule has 4 nitrogen and oxygen atoms in total. The minimum atomic E-state index is -3.90. The zero-order valence-corrected chi connectivity index (χ0v) is 15.4. The highest BCUT2D eigenvalue weighted by Crippen LogP contribution is 2.27. The quantitative estimate of drug-likeness (QED) is 0.737. The molecule has 1 aromatic carbocycles. The van der Waals surface area contributed by atoms with E-state index >= 15 is 0 Å². The smallest absolute Gasteiger partial charge is 0.262 e. The van der Waals surface area contributed by atoms with Gasteiger partial charge in [0.05, 0.1) is 4.90 Å². The second-order valence-electron chi connectivity index (χ2n) is 4.88. The van der Waals surface area contributed by atoms with Gasteiger partial charge in [-0.1, -0.05) is 20.8 Å². The largest absolute Gasteiger partial charge is 0.347 e. The molecule has 0 atom stereocenters. The van der Waals surface area contributed by atoms with Crippen LogP contribution in [0.15, 0.2) is 27.6 Å². The van der Waals surface area contributed by atoms with Crippen molar-refractivity contribution in [3.05, 3.63) is 28.2 Å². The normalized spacial score (nSPS) is 12.2. The maximum Gasteiger partial charge on any atom is 0.262 e. The van der Waals surface area contributed by atoms with E-state index in [0.29, 0.717) is 4.47 Å². The van der Waals surface area contributed by atoms with Crippen LogP contribution in [0.5, 0.6) is 0 Å². The molecule has 0 aliphatic rings. The summed E-state index contributed by atoms with van der Waals surface area (Å²) < 4.78 is 23.3. The lowest BCUT2D eigenvalue weighted by molar-refractivity contribution is 0.0888. The number of benzene rings is 1. The molecule has 118 valence electrons. The van der Waals surface area contributed by atoms with Crippen LogP contribution in [-0.4, -0.2) is 19.9 Å². The van der Waals surface area contributed by atoms with Gasteiger partial charge in [-0.05, 0) is 53.4 Å². The van der Waals surface area contributed by atoms with Crippen molar-refractivity contribution in [2.45, 2.75) is 50.5 Å². The lowest BCUT2D eigenvalue weighted by Crippen LogP contribution is -2.47. The Kier molecular flexibility index (Phi) is 6.25. The van der Waals surface area contributed by atoms with Crippen molar-refractivity contribution in [3.8, 4) is 0 Å². The first kappa shape index (κ1) is 18.5. The van der Waals surface area contributed by atoms with Crippen molar-refractivity contribution < 1.29 is 13.2 Å². The topological polar surface area (TPSA) is 63.2 Å². The Bertz CT molecular complexity index is 619. The number of carbonyl (C=O) groups is 1. The molecule has 1 amide bonds. The summed E-state index contributed by atoms with van der Waals surface area (Å²) in [5.74, 6) is -0.297. The summed E-state index contributed by atoms with van der Waals surface area (Å²) in [7, 11) is 1.46. The third-order valence-electron chi connectivity index (χ3n) is 3.87. The second-order valence-corrected chi connectivity index (χ2v) is 8.27. The third kappa shape index (κ3) is 4.44. The van der Waals surface area contributed by atoms with Crippen LogP contribution in [0.3, 0.4) is 0 Å². The van der Waals surface area contributed by atoms with Crippen LogP contribution < -0.4 is 5.32 Å². The van der Waals surface area contributed by atoms with E-state index in [4.69, 9.17) is 10.7 Å². The molecule has 1 rings (SSSR count). The number of carbonyl (C=O) groups excluding carboxylic acids is 1. The summed E-state index contributed by atoms with van der Waals surface area (Å²) in [5.41, 5.74) is 0.00149. The average molecular weight is 397 g/mol. The average Bonchev–Trinajstić information content (AvgIpc) is 2.44. The van der Waals surface area contributed by atoms with Crippen LogP contribution in [0.4, 0.5) is 0 Å². The molecule has 0 unspecified atom stereocenters. The highest BCUT2D eigenvalue weighted by Gasteiger charge is 2.27. The number of nitrogens with one attached hydrogen (secondary N) is 1. The van der Waals surface area contributed by atoms with Gasteiger partial charge in [0.15, 0.2) is 0 Å². The van der Waals surface area contributed by atoms with E-state index in [2.05, 4.69) is 21.2 Å². The zero-order valence-electron chi connectivity index (χ0n) is 12.2. The van der Waals surface area contributed by atoms with Gasteiger partial charge < -0.3 is 5.32 Å². The lowest BCUT2D eigenvalue weighted by Gasteiger charge is -2.31. The van der Waals surface area contributed by atoms with Crippen LogP contribution in [0.25, 0.3) is 0 Å². The first-order valence-electron chi connectivity index (χ1n) is 6.75. The predicted octanol–water partition coefficient (Wildman–Crippen LogP) is 4.08. The van der Waals surface area contributed by atoms with E-state index < -0.39 is 9.05 Å². The van der Waals surface area contributed by atoms with Crippen molar-refractivity contribution >= 4 is 41.6 Å². The number of halogens is 2. The molecule has 0 radical (unpaired) electrons. The van der Waals surface area contributed by atoms with E-state index in [1.54, 1.807) is 6.07 Å². The number of rotatable bonds is 6. The Balaban J connectivity index is 3.15. The van der Waals surface area contributed by atoms with Gasteiger partial charge in [-0.25, -0.2) is 8.42 Å². The second kappa shape index (κ2) is 7.11. The number of hydrogen-bond acceptors (Lipinski definition) is 3. The van der Waals surface area contributed by atoms with Crippen LogP contribution in [0.1, 0.15) is 50.4 Å². The maximum absolute atomic E-state index is 12.4. The predicted molar refractivity (Wildman–Crippen MR) is 88.3 cm³/mol. The van der Waals surface area contributed by atoms with E-state index in [-0.39, 0.29) is 21.9 Å². The molecular formula is C14H19BrClNO3S. The molecule has 1 N–H and O–H groups in total. The van der Waals surface area contributed by atoms with E-state index in [1.807, 2.05) is 20.8 Å². The van der Waals surface area contributed by atoms with Gasteiger partial charge >= 0.3 is 0 Å². The first-order valence-corrected chi connectivity index (χ1v) is 9.86. The minimum Gasteiger partial charge on any atom is -0.347 e. The van der Waals surface area contributed by atoms with Gasteiger partial charge in [-0.15, -0.1) is 0 Å². The molecule has 0 aliphatic heterocycles. The molecule has 0 spiro atoms. The highest BCUT2D eigenvalue weighted by molar-refractivity contribution is 9.10. The van der Waals surface area contributed by atoms with E-state index in [1.165, 1.54) is 12.1 Å². The molecule has 21 heavy (non-hydrogen) atoms. The number of hydrogen-bond donors (Lipinski definition) is 1. The Morgan fingerprint density at radius 2 is 1.76 bits per heavy atom. The van der Waals surface area contributed by atoms with Crippen LogP contribution >= 0.6 is 26.6 Å². The zero-order chi connectivity index (χ0) is 16.3. The Labute approximate surface area is 138 Å². The molecule has 0 aliphatic carbocycles. The van der Waals surface area contributed by atoms with Crippen molar-refractivity contribution in [2.24, 2.45) is 0 Å². The summed E-state index contributed by atoms with van der Waals surface area (Å²) in [6.45, 7) is 6.05. The molecule has 0 saturated heterocycles. The van der Waals surface area contributed by atoms with Gasteiger partial charge in [-0.3, -0.25) is 4.79 Å².